The Labute approximate surface area is 494 Å². The second-order valence-electron chi connectivity index (χ2n) is 28.6. The Morgan fingerprint density at radius 2 is 1.08 bits per heavy atom. The van der Waals surface area contributed by atoms with E-state index in [9.17, 15) is 81.4 Å². The minimum atomic E-state index is -2.01. The molecule has 0 radical (unpaired) electrons. The summed E-state index contributed by atoms with van der Waals surface area (Å²) in [6.07, 6.45) is -35.7. The molecule has 1 spiro atoms. The van der Waals surface area contributed by atoms with Crippen LogP contribution in [0.1, 0.15) is 121 Å². The van der Waals surface area contributed by atoms with Crippen molar-refractivity contribution in [2.24, 2.45) is 50.2 Å². The summed E-state index contributed by atoms with van der Waals surface area (Å²) in [6.45, 7) is 16.9. The number of allylic oxidation sites excluding steroid dienone is 1. The normalized spacial score (nSPS) is 55.6. The number of fused-ring (bicyclic) bond motifs is 4. The van der Waals surface area contributed by atoms with Gasteiger partial charge in [-0.25, -0.2) is 4.79 Å². The second-order valence-corrected chi connectivity index (χ2v) is 28.6. The van der Waals surface area contributed by atoms with Gasteiger partial charge >= 0.3 is 5.97 Å². The van der Waals surface area contributed by atoms with Crippen molar-refractivity contribution in [3.63, 3.8) is 0 Å². The summed E-state index contributed by atoms with van der Waals surface area (Å²) >= 11 is 0. The van der Waals surface area contributed by atoms with Crippen LogP contribution in [0, 0.1) is 50.2 Å². The molecule has 5 heterocycles. The minimum absolute atomic E-state index is 0.0218. The fourth-order valence-corrected chi connectivity index (χ4v) is 18.7. The molecule has 10 fully saturated rings. The zero-order valence-corrected chi connectivity index (χ0v) is 50.2. The molecule has 5 saturated carbocycles. The molecule has 2 bridgehead atoms. The van der Waals surface area contributed by atoms with Gasteiger partial charge in [-0.05, 0) is 100 Å². The van der Waals surface area contributed by atoms with Crippen molar-refractivity contribution in [1.29, 1.82) is 0 Å². The average Bonchev–Trinajstić information content (AvgIpc) is 1.58. The summed E-state index contributed by atoms with van der Waals surface area (Å²) in [5, 5.41) is 169. The molecular weight excluding hydrogens is 1120 g/mol. The summed E-state index contributed by atoms with van der Waals surface area (Å²) in [5.74, 6) is -1.15. The quantitative estimate of drug-likeness (QED) is 0.0513. The number of aliphatic hydroxyl groups excluding tert-OH is 15. The van der Waals surface area contributed by atoms with Crippen molar-refractivity contribution in [2.75, 3.05) is 19.8 Å². The highest BCUT2D eigenvalue weighted by atomic mass is 16.8. The van der Waals surface area contributed by atoms with Gasteiger partial charge in [0.05, 0.1) is 49.1 Å². The molecule has 85 heavy (non-hydrogen) atoms. The highest BCUT2D eigenvalue weighted by molar-refractivity contribution is 5.87. The third-order valence-electron chi connectivity index (χ3n) is 23.8. The van der Waals surface area contributed by atoms with Gasteiger partial charge in [-0.1, -0.05) is 54.5 Å². The van der Waals surface area contributed by atoms with Crippen molar-refractivity contribution in [3.05, 3.63) is 11.6 Å². The lowest BCUT2D eigenvalue weighted by Gasteiger charge is -2.75. The summed E-state index contributed by atoms with van der Waals surface area (Å²) in [6, 6.07) is 0. The zero-order chi connectivity index (χ0) is 62.4. The number of hydrogen-bond donors (Lipinski definition) is 15. The van der Waals surface area contributed by atoms with Crippen LogP contribution in [0.2, 0.25) is 0 Å². The number of carbonyl (C=O) groups is 1. The minimum Gasteiger partial charge on any atom is -0.456 e. The first-order valence-corrected chi connectivity index (χ1v) is 30.5. The number of ether oxygens (including phenoxy) is 10. The molecule has 15 N–H and O–H groups in total. The summed E-state index contributed by atoms with van der Waals surface area (Å²) in [4.78, 5) is 13.3. The van der Waals surface area contributed by atoms with E-state index < -0.39 is 223 Å². The van der Waals surface area contributed by atoms with E-state index in [2.05, 4.69) is 34.6 Å². The molecule has 5 aliphatic heterocycles. The van der Waals surface area contributed by atoms with Crippen LogP contribution in [-0.4, -0.2) is 262 Å². The van der Waals surface area contributed by atoms with Gasteiger partial charge in [0.2, 0.25) is 0 Å². The Hall–Kier alpha value is -1.75. The average molecular weight is 1220 g/mol. The van der Waals surface area contributed by atoms with Gasteiger partial charge in [0.15, 0.2) is 31.5 Å². The maximum Gasteiger partial charge on any atom is 0.333 e. The van der Waals surface area contributed by atoms with Crippen LogP contribution in [0.25, 0.3) is 0 Å². The van der Waals surface area contributed by atoms with Crippen LogP contribution in [0.3, 0.4) is 0 Å². The van der Waals surface area contributed by atoms with Crippen molar-refractivity contribution < 1.29 is 129 Å². The van der Waals surface area contributed by atoms with Gasteiger partial charge in [-0.15, -0.1) is 0 Å². The van der Waals surface area contributed by atoms with Crippen LogP contribution >= 0.6 is 0 Å². The first-order chi connectivity index (χ1) is 39.7. The standard InChI is InChI=1S/C59H96O26/c1-11-23(2)47(74)84-46-45(73)59-30(18-53(46,4)5)58(85-52(59)75)17-13-29-55(8)15-14-32(54(6,7)28(55)12-16-56(29,9)57(58,10)19-31(59)63)80-51-44(83-49-41(72)38(69)34(65)25(20-60)77-49)42(36(67)27(22-62)79-51)81-50-43(39(70)35(66)26(21-61)78-50)82-48-40(71)37(68)33(64)24(3)76-48/h11,24-46,48-52,60-73,75H,12-22H2,1-10H3/b23-11+/t24-,25+,26+,27+,28?,29?,30?,31+,32-,33-,34-,35-,36+,37+,38-,39-,40+,41+,42-,43+,44+,45-,46-,48-,49-,50-,51-,52-,55-,56+,57-,58-,59+/m0/s1. The van der Waals surface area contributed by atoms with Gasteiger partial charge in [0.25, 0.3) is 0 Å². The number of rotatable bonds is 13. The van der Waals surface area contributed by atoms with E-state index in [0.29, 0.717) is 50.5 Å². The Balaban J connectivity index is 0.953. The second kappa shape index (κ2) is 23.4. The molecule has 0 aromatic rings. The zero-order valence-electron chi connectivity index (χ0n) is 50.2. The molecule has 488 valence electrons. The SMILES string of the molecule is C/C=C(\C)C(=O)O[C@H]1[C@H](O)[C@@]23C(CC1(C)C)[C@]1(CCC4[C@@]5(C)CC[C@H](O[C@@H]6O[C@H](CO)[C@@H](O)[C@H](O[C@@H]7O[C@H](CO)[C@H](O)[C@H](O)[C@H]7O[C@@H]7O[C@@H](C)[C@H](O)[C@@H](O)[C@H]7O)[C@H]6O[C@@H]6O[C@H](CO)[C@H](O)[C@H](O)[C@H]6O)C(C)(C)C5CC[C@@]4(C)[C@]1(C)C[C@H]2O)O[C@@H]3O. The number of esters is 1. The molecule has 3 unspecified atom stereocenters. The molecule has 5 saturated heterocycles. The fourth-order valence-electron chi connectivity index (χ4n) is 18.7. The van der Waals surface area contributed by atoms with Crippen molar-refractivity contribution in [1.82, 2.24) is 0 Å². The lowest BCUT2D eigenvalue weighted by atomic mass is 9.30. The van der Waals surface area contributed by atoms with Gasteiger partial charge < -0.3 is 124 Å². The van der Waals surface area contributed by atoms with Crippen molar-refractivity contribution in [3.8, 4) is 0 Å². The van der Waals surface area contributed by atoms with E-state index in [1.165, 1.54) is 6.92 Å². The fraction of sp³-hybridized carbons (Fsp3) is 0.949. The van der Waals surface area contributed by atoms with E-state index in [-0.39, 0.29) is 18.3 Å². The van der Waals surface area contributed by atoms with Crippen LogP contribution in [0.15, 0.2) is 11.6 Å². The van der Waals surface area contributed by atoms with Crippen molar-refractivity contribution in [2.45, 2.75) is 280 Å². The number of hydrogen-bond acceptors (Lipinski definition) is 26. The smallest absolute Gasteiger partial charge is 0.333 e. The molecule has 33 atom stereocenters. The molecule has 26 nitrogen and oxygen atoms in total. The van der Waals surface area contributed by atoms with E-state index in [4.69, 9.17) is 47.4 Å². The molecule has 10 rings (SSSR count). The molecular formula is C59H96O26. The maximum atomic E-state index is 13.3. The topological polar surface area (TPSA) is 413 Å². The summed E-state index contributed by atoms with van der Waals surface area (Å²) < 4.78 is 62.9. The Morgan fingerprint density at radius 3 is 1.69 bits per heavy atom. The van der Waals surface area contributed by atoms with E-state index in [0.717, 1.165) is 0 Å². The van der Waals surface area contributed by atoms with E-state index >= 15 is 0 Å². The monoisotopic (exact) mass is 1220 g/mol. The molecule has 26 heteroatoms. The molecule has 0 amide bonds. The molecule has 0 aromatic heterocycles. The van der Waals surface area contributed by atoms with Gasteiger partial charge in [-0.3, -0.25) is 0 Å². The molecule has 10 aliphatic rings. The van der Waals surface area contributed by atoms with E-state index in [1.807, 2.05) is 13.8 Å². The predicted molar refractivity (Wildman–Crippen MR) is 288 cm³/mol. The summed E-state index contributed by atoms with van der Waals surface area (Å²) in [7, 11) is 0. The van der Waals surface area contributed by atoms with Crippen LogP contribution < -0.4 is 0 Å². The van der Waals surface area contributed by atoms with Gasteiger partial charge in [0.1, 0.15) is 104 Å². The highest BCUT2D eigenvalue weighted by Gasteiger charge is 2.85. The first kappa shape index (κ1) is 66.2. The van der Waals surface area contributed by atoms with Crippen LogP contribution in [0.5, 0.6) is 0 Å². The highest BCUT2D eigenvalue weighted by Crippen LogP contribution is 2.81. The third kappa shape index (κ3) is 9.91. The molecule has 5 aliphatic carbocycles. The Bertz CT molecular complexity index is 2420. The number of aliphatic hydroxyl groups is 15. The summed E-state index contributed by atoms with van der Waals surface area (Å²) in [5.41, 5.74) is -5.33. The maximum absolute atomic E-state index is 13.3. The lowest BCUT2D eigenvalue weighted by molar-refractivity contribution is -0.409. The predicted octanol–water partition coefficient (Wildman–Crippen LogP) is -2.55. The largest absolute Gasteiger partial charge is 0.456 e. The van der Waals surface area contributed by atoms with Gasteiger partial charge in [-0.2, -0.15) is 0 Å². The van der Waals surface area contributed by atoms with Gasteiger partial charge in [0, 0.05) is 22.3 Å². The van der Waals surface area contributed by atoms with Crippen LogP contribution in [0.4, 0.5) is 0 Å². The number of carbonyl (C=O) groups excluding carboxylic acids is 1. The van der Waals surface area contributed by atoms with Crippen molar-refractivity contribution >= 4 is 5.97 Å². The first-order valence-electron chi connectivity index (χ1n) is 30.5. The Morgan fingerprint density at radius 1 is 0.553 bits per heavy atom. The lowest BCUT2D eigenvalue weighted by Crippen LogP contribution is -2.77. The molecule has 0 aromatic carbocycles. The Kier molecular flexibility index (Phi) is 18.2. The third-order valence-corrected chi connectivity index (χ3v) is 23.8. The van der Waals surface area contributed by atoms with Crippen LogP contribution in [-0.2, 0) is 52.2 Å². The van der Waals surface area contributed by atoms with E-state index in [1.54, 1.807) is 19.9 Å².